The van der Waals surface area contributed by atoms with E-state index in [1.54, 1.807) is 19.1 Å². The monoisotopic (exact) mass is 506 g/mol. The van der Waals surface area contributed by atoms with E-state index < -0.39 is 12.1 Å². The zero-order valence-corrected chi connectivity index (χ0v) is 21.7. The van der Waals surface area contributed by atoms with Crippen LogP contribution in [0.3, 0.4) is 0 Å². The zero-order valence-electron chi connectivity index (χ0n) is 21.7. The van der Waals surface area contributed by atoms with E-state index in [9.17, 15) is 13.2 Å². The first kappa shape index (κ1) is 25.1. The first-order chi connectivity index (χ1) is 17.4. The van der Waals surface area contributed by atoms with Gasteiger partial charge < -0.3 is 8.83 Å². The maximum absolute atomic E-state index is 14.8. The molecule has 2 aromatic heterocycles. The van der Waals surface area contributed by atoms with Gasteiger partial charge in [0.2, 0.25) is 5.89 Å². The highest BCUT2D eigenvalue weighted by Crippen LogP contribution is 2.44. The molecule has 0 amide bonds. The van der Waals surface area contributed by atoms with Gasteiger partial charge in [0.15, 0.2) is 17.1 Å². The van der Waals surface area contributed by atoms with Gasteiger partial charge in [-0.1, -0.05) is 57.5 Å². The topological polar surface area (TPSA) is 52.1 Å². The highest BCUT2D eigenvalue weighted by atomic mass is 19.4. The van der Waals surface area contributed by atoms with E-state index in [4.69, 9.17) is 8.83 Å². The van der Waals surface area contributed by atoms with Crippen molar-refractivity contribution in [1.82, 2.24) is 9.97 Å². The maximum atomic E-state index is 14.8. The van der Waals surface area contributed by atoms with Gasteiger partial charge in [-0.3, -0.25) is 0 Å². The van der Waals surface area contributed by atoms with Crippen molar-refractivity contribution >= 4 is 22.2 Å². The van der Waals surface area contributed by atoms with Crippen LogP contribution in [0.2, 0.25) is 0 Å². The predicted molar refractivity (Wildman–Crippen MR) is 139 cm³/mol. The fourth-order valence-corrected chi connectivity index (χ4v) is 4.85. The normalized spacial score (nSPS) is 13.4. The summed E-state index contributed by atoms with van der Waals surface area (Å²) >= 11 is 0. The minimum absolute atomic E-state index is 0.0370. The quantitative estimate of drug-likeness (QED) is 0.238. The van der Waals surface area contributed by atoms with Crippen molar-refractivity contribution < 1.29 is 22.0 Å². The molecule has 0 saturated carbocycles. The van der Waals surface area contributed by atoms with Crippen LogP contribution in [0, 0.1) is 13.8 Å². The van der Waals surface area contributed by atoms with E-state index in [1.807, 2.05) is 58.9 Å². The molecule has 0 spiro atoms. The van der Waals surface area contributed by atoms with Gasteiger partial charge in [0.1, 0.15) is 17.0 Å². The Labute approximate surface area is 213 Å². The SMILES string of the molecule is Cc1ccc(-c2nc3cc(C(c4cc(C(C)C)c5oc(C)nc5c4)C(F)(F)F)cc(C(C)C)c3o2)cc1. The Morgan fingerprint density at radius 2 is 1.22 bits per heavy atom. The second kappa shape index (κ2) is 9.05. The average Bonchev–Trinajstić information content (AvgIpc) is 3.40. The minimum Gasteiger partial charge on any atom is -0.441 e. The standard InChI is InChI=1S/C30H29F3N2O2/c1-15(2)22-11-20(13-24-27(22)36-18(6)34-24)26(30(31,32)33)21-12-23(16(3)4)28-25(14-21)35-29(37-28)19-9-7-17(5)8-10-19/h7-16,26H,1-6H3. The van der Waals surface area contributed by atoms with Crippen molar-refractivity contribution in [3.05, 3.63) is 82.2 Å². The van der Waals surface area contributed by atoms with E-state index in [0.29, 0.717) is 45.1 Å². The molecule has 0 fully saturated rings. The van der Waals surface area contributed by atoms with Crippen molar-refractivity contribution in [2.75, 3.05) is 0 Å². The molecule has 192 valence electrons. The summed E-state index contributed by atoms with van der Waals surface area (Å²) in [7, 11) is 0. The Morgan fingerprint density at radius 3 is 1.73 bits per heavy atom. The molecule has 0 aliphatic heterocycles. The van der Waals surface area contributed by atoms with Crippen molar-refractivity contribution in [3.63, 3.8) is 0 Å². The van der Waals surface area contributed by atoms with Gasteiger partial charge >= 0.3 is 6.18 Å². The Balaban J connectivity index is 1.73. The Hall–Kier alpha value is -3.61. The second-order valence-corrected chi connectivity index (χ2v) is 10.3. The molecule has 5 rings (SSSR count). The number of hydrogen-bond donors (Lipinski definition) is 0. The number of halogens is 3. The molecular weight excluding hydrogens is 477 g/mol. The summed E-state index contributed by atoms with van der Waals surface area (Å²) in [4.78, 5) is 8.96. The second-order valence-electron chi connectivity index (χ2n) is 10.3. The summed E-state index contributed by atoms with van der Waals surface area (Å²) < 4.78 is 56.2. The van der Waals surface area contributed by atoms with E-state index >= 15 is 0 Å². The molecule has 1 unspecified atom stereocenters. The van der Waals surface area contributed by atoms with Crippen LogP contribution in [-0.2, 0) is 0 Å². The Morgan fingerprint density at radius 1 is 0.703 bits per heavy atom. The van der Waals surface area contributed by atoms with Gasteiger partial charge in [0.05, 0.1) is 0 Å². The third-order valence-electron chi connectivity index (χ3n) is 6.73. The molecule has 5 aromatic rings. The fraction of sp³-hybridized carbons (Fsp3) is 0.333. The van der Waals surface area contributed by atoms with Gasteiger partial charge in [-0.05, 0) is 65.3 Å². The minimum atomic E-state index is -4.54. The number of fused-ring (bicyclic) bond motifs is 2. The van der Waals surface area contributed by atoms with Crippen LogP contribution < -0.4 is 0 Å². The number of benzene rings is 3. The van der Waals surface area contributed by atoms with Crippen molar-refractivity contribution in [1.29, 1.82) is 0 Å². The summed E-state index contributed by atoms with van der Waals surface area (Å²) in [6.07, 6.45) is -4.54. The third kappa shape index (κ3) is 4.63. The van der Waals surface area contributed by atoms with Crippen LogP contribution in [0.5, 0.6) is 0 Å². The fourth-order valence-electron chi connectivity index (χ4n) is 4.85. The van der Waals surface area contributed by atoms with Gasteiger partial charge in [-0.25, -0.2) is 9.97 Å². The summed E-state index contributed by atoms with van der Waals surface area (Å²) in [5.41, 5.74) is 5.42. The zero-order chi connectivity index (χ0) is 26.6. The Kier molecular flexibility index (Phi) is 6.13. The smallest absolute Gasteiger partial charge is 0.399 e. The molecule has 0 N–H and O–H groups in total. The lowest BCUT2D eigenvalue weighted by atomic mass is 9.85. The molecule has 0 saturated heterocycles. The van der Waals surface area contributed by atoms with E-state index in [-0.39, 0.29) is 23.0 Å². The number of aryl methyl sites for hydroxylation is 2. The number of rotatable bonds is 5. The molecule has 2 heterocycles. The van der Waals surface area contributed by atoms with Crippen molar-refractivity contribution in [2.24, 2.45) is 0 Å². The van der Waals surface area contributed by atoms with E-state index in [2.05, 4.69) is 9.97 Å². The molecular formula is C30H29F3N2O2. The van der Waals surface area contributed by atoms with Crippen LogP contribution in [0.4, 0.5) is 13.2 Å². The Bertz CT molecular complexity index is 1590. The lowest BCUT2D eigenvalue weighted by Gasteiger charge is -2.23. The molecule has 1 atom stereocenters. The van der Waals surface area contributed by atoms with E-state index in [1.165, 1.54) is 12.1 Å². The largest absolute Gasteiger partial charge is 0.441 e. The average molecular weight is 507 g/mol. The van der Waals surface area contributed by atoms with Crippen LogP contribution in [0.1, 0.15) is 79.2 Å². The first-order valence-corrected chi connectivity index (χ1v) is 12.4. The van der Waals surface area contributed by atoms with Gasteiger partial charge in [-0.15, -0.1) is 0 Å². The maximum Gasteiger partial charge on any atom is 0.399 e. The van der Waals surface area contributed by atoms with Crippen LogP contribution >= 0.6 is 0 Å². The lowest BCUT2D eigenvalue weighted by Crippen LogP contribution is -2.22. The number of nitrogens with zero attached hydrogens (tertiary/aromatic N) is 2. The lowest BCUT2D eigenvalue weighted by molar-refractivity contribution is -0.141. The van der Waals surface area contributed by atoms with Crippen molar-refractivity contribution in [3.8, 4) is 11.5 Å². The predicted octanol–water partition coefficient (Wildman–Crippen LogP) is 9.19. The molecule has 0 aliphatic carbocycles. The van der Waals surface area contributed by atoms with Crippen LogP contribution in [-0.4, -0.2) is 16.1 Å². The third-order valence-corrected chi connectivity index (χ3v) is 6.73. The first-order valence-electron chi connectivity index (χ1n) is 12.4. The summed E-state index contributed by atoms with van der Waals surface area (Å²) in [6, 6.07) is 13.9. The number of alkyl halides is 3. The summed E-state index contributed by atoms with van der Waals surface area (Å²) in [6.45, 7) is 11.4. The summed E-state index contributed by atoms with van der Waals surface area (Å²) in [5.74, 6) is -1.15. The molecule has 37 heavy (non-hydrogen) atoms. The highest BCUT2D eigenvalue weighted by molar-refractivity contribution is 5.82. The molecule has 3 aromatic carbocycles. The molecule has 0 bridgehead atoms. The number of oxazole rings is 2. The number of aromatic nitrogens is 2. The van der Waals surface area contributed by atoms with E-state index in [0.717, 1.165) is 11.1 Å². The van der Waals surface area contributed by atoms with Gasteiger partial charge in [0, 0.05) is 12.5 Å². The van der Waals surface area contributed by atoms with Crippen LogP contribution in [0.25, 0.3) is 33.7 Å². The van der Waals surface area contributed by atoms with Gasteiger partial charge in [-0.2, -0.15) is 13.2 Å². The van der Waals surface area contributed by atoms with Crippen molar-refractivity contribution in [2.45, 2.75) is 65.5 Å². The molecule has 7 heteroatoms. The molecule has 0 radical (unpaired) electrons. The highest BCUT2D eigenvalue weighted by Gasteiger charge is 2.43. The van der Waals surface area contributed by atoms with Crippen LogP contribution in [0.15, 0.2) is 57.4 Å². The van der Waals surface area contributed by atoms with Gasteiger partial charge in [0.25, 0.3) is 0 Å². The molecule has 0 aliphatic rings. The summed E-state index contributed by atoms with van der Waals surface area (Å²) in [5, 5.41) is 0. The number of hydrogen-bond acceptors (Lipinski definition) is 4. The molecule has 4 nitrogen and oxygen atoms in total.